The lowest BCUT2D eigenvalue weighted by atomic mass is 9.89. The van der Waals surface area contributed by atoms with E-state index in [0.717, 1.165) is 22.3 Å². The van der Waals surface area contributed by atoms with Crippen LogP contribution in [0, 0.1) is 11.8 Å². The molecular formula is C13H23BrFN3. The Balaban J connectivity index is 2.87. The van der Waals surface area contributed by atoms with E-state index in [1.807, 2.05) is 27.8 Å². The van der Waals surface area contributed by atoms with Crippen LogP contribution in [0.5, 0.6) is 0 Å². The molecule has 3 nitrogen and oxygen atoms in total. The third-order valence-corrected chi connectivity index (χ3v) is 4.40. The average Bonchev–Trinajstić information content (AvgIpc) is 2.56. The maximum absolute atomic E-state index is 14.3. The highest BCUT2D eigenvalue weighted by Crippen LogP contribution is 2.27. The number of hydrogen-bond acceptors (Lipinski definition) is 2. The molecule has 0 saturated carbocycles. The molecule has 0 radical (unpaired) electrons. The molecule has 104 valence electrons. The number of rotatable bonds is 6. The van der Waals surface area contributed by atoms with E-state index in [4.69, 9.17) is 5.73 Å². The van der Waals surface area contributed by atoms with Crippen LogP contribution >= 0.6 is 15.9 Å². The second-order valence-electron chi connectivity index (χ2n) is 5.05. The zero-order chi connectivity index (χ0) is 13.9. The van der Waals surface area contributed by atoms with E-state index in [1.54, 1.807) is 4.68 Å². The number of nitrogens with zero attached hydrogens (tertiary/aromatic N) is 2. The second kappa shape index (κ2) is 6.66. The summed E-state index contributed by atoms with van der Waals surface area (Å²) in [7, 11) is 1.86. The molecule has 0 saturated heterocycles. The molecule has 1 heterocycles. The van der Waals surface area contributed by atoms with Gasteiger partial charge in [0, 0.05) is 19.4 Å². The molecule has 5 heteroatoms. The van der Waals surface area contributed by atoms with Crippen LogP contribution in [0.4, 0.5) is 4.39 Å². The molecule has 0 fully saturated rings. The Bertz CT molecular complexity index is 390. The highest BCUT2D eigenvalue weighted by molar-refractivity contribution is 9.10. The SMILES string of the molecule is CCc1nn(C)c(CC(F)C(CN)C(C)C)c1Br. The molecule has 0 aliphatic heterocycles. The molecule has 2 N–H and O–H groups in total. The van der Waals surface area contributed by atoms with Gasteiger partial charge in [-0.05, 0) is 34.8 Å². The quantitative estimate of drug-likeness (QED) is 0.876. The van der Waals surface area contributed by atoms with Gasteiger partial charge in [-0.1, -0.05) is 20.8 Å². The van der Waals surface area contributed by atoms with E-state index in [2.05, 4.69) is 21.0 Å². The summed E-state index contributed by atoms with van der Waals surface area (Å²) in [5.41, 5.74) is 7.56. The van der Waals surface area contributed by atoms with Crippen LogP contribution in [0.3, 0.4) is 0 Å². The summed E-state index contributed by atoms with van der Waals surface area (Å²) >= 11 is 3.52. The van der Waals surface area contributed by atoms with Crippen LogP contribution in [0.2, 0.25) is 0 Å². The third-order valence-electron chi connectivity index (χ3n) is 3.48. The number of alkyl halides is 1. The van der Waals surface area contributed by atoms with E-state index in [1.165, 1.54) is 0 Å². The zero-order valence-corrected chi connectivity index (χ0v) is 13.2. The van der Waals surface area contributed by atoms with E-state index < -0.39 is 6.17 Å². The van der Waals surface area contributed by atoms with Crippen LogP contribution < -0.4 is 5.73 Å². The lowest BCUT2D eigenvalue weighted by molar-refractivity contribution is 0.183. The lowest BCUT2D eigenvalue weighted by Gasteiger charge is -2.23. The van der Waals surface area contributed by atoms with Gasteiger partial charge >= 0.3 is 0 Å². The van der Waals surface area contributed by atoms with E-state index in [-0.39, 0.29) is 11.8 Å². The van der Waals surface area contributed by atoms with Crippen LogP contribution in [0.15, 0.2) is 4.47 Å². The van der Waals surface area contributed by atoms with E-state index in [0.29, 0.717) is 13.0 Å². The average molecular weight is 320 g/mol. The van der Waals surface area contributed by atoms with Crippen molar-refractivity contribution in [1.82, 2.24) is 9.78 Å². The van der Waals surface area contributed by atoms with Gasteiger partial charge in [0.2, 0.25) is 0 Å². The normalized spacial score (nSPS) is 15.1. The predicted octanol–water partition coefficient (Wildman–Crippen LogP) is 2.86. The van der Waals surface area contributed by atoms with Crippen LogP contribution in [-0.4, -0.2) is 22.5 Å². The van der Waals surface area contributed by atoms with Crippen molar-refractivity contribution in [3.05, 3.63) is 15.9 Å². The molecule has 2 atom stereocenters. The summed E-state index contributed by atoms with van der Waals surface area (Å²) in [6.07, 6.45) is 0.284. The first-order chi connectivity index (χ1) is 8.42. The molecular weight excluding hydrogens is 297 g/mol. The molecule has 2 unspecified atom stereocenters. The lowest BCUT2D eigenvalue weighted by Crippen LogP contribution is -2.31. The van der Waals surface area contributed by atoms with Crippen molar-refractivity contribution in [3.63, 3.8) is 0 Å². The minimum Gasteiger partial charge on any atom is -0.330 e. The van der Waals surface area contributed by atoms with Gasteiger partial charge < -0.3 is 5.73 Å². The first-order valence-corrected chi connectivity index (χ1v) is 7.25. The number of aryl methyl sites for hydroxylation is 2. The fraction of sp³-hybridized carbons (Fsp3) is 0.769. The Morgan fingerprint density at radius 2 is 2.06 bits per heavy atom. The molecule has 0 spiro atoms. The Morgan fingerprint density at radius 3 is 2.44 bits per heavy atom. The molecule has 0 amide bonds. The van der Waals surface area contributed by atoms with Gasteiger partial charge in [-0.3, -0.25) is 4.68 Å². The minimum absolute atomic E-state index is 0.100. The molecule has 18 heavy (non-hydrogen) atoms. The maximum atomic E-state index is 14.3. The van der Waals surface area contributed by atoms with Gasteiger partial charge in [0.25, 0.3) is 0 Å². The van der Waals surface area contributed by atoms with Crippen molar-refractivity contribution in [1.29, 1.82) is 0 Å². The van der Waals surface area contributed by atoms with Gasteiger partial charge in [0.1, 0.15) is 6.17 Å². The van der Waals surface area contributed by atoms with Crippen molar-refractivity contribution in [2.75, 3.05) is 6.54 Å². The number of aromatic nitrogens is 2. The smallest absolute Gasteiger partial charge is 0.110 e. The third kappa shape index (κ3) is 3.32. The van der Waals surface area contributed by atoms with E-state index >= 15 is 0 Å². The van der Waals surface area contributed by atoms with Crippen LogP contribution in [0.1, 0.15) is 32.2 Å². The fourth-order valence-electron chi connectivity index (χ4n) is 2.22. The zero-order valence-electron chi connectivity index (χ0n) is 11.6. The van der Waals surface area contributed by atoms with Gasteiger partial charge in [-0.15, -0.1) is 0 Å². The Kier molecular flexibility index (Phi) is 5.79. The Hall–Kier alpha value is -0.420. The summed E-state index contributed by atoms with van der Waals surface area (Å²) in [5, 5.41) is 4.38. The molecule has 0 aliphatic rings. The summed E-state index contributed by atoms with van der Waals surface area (Å²) in [4.78, 5) is 0. The Labute approximate surface area is 117 Å². The molecule has 0 bridgehead atoms. The first-order valence-electron chi connectivity index (χ1n) is 6.46. The standard InChI is InChI=1S/C13H23BrFN3/c1-5-11-13(14)12(18(4)17-11)6-10(15)9(7-16)8(2)3/h8-10H,5-7,16H2,1-4H3. The first kappa shape index (κ1) is 15.6. The van der Waals surface area contributed by atoms with Crippen molar-refractivity contribution >= 4 is 15.9 Å². The van der Waals surface area contributed by atoms with Crippen molar-refractivity contribution in [2.24, 2.45) is 24.6 Å². The molecule has 0 aliphatic carbocycles. The molecule has 0 aromatic carbocycles. The van der Waals surface area contributed by atoms with Crippen molar-refractivity contribution < 1.29 is 4.39 Å². The molecule has 1 rings (SSSR count). The van der Waals surface area contributed by atoms with E-state index in [9.17, 15) is 4.39 Å². The highest BCUT2D eigenvalue weighted by atomic mass is 79.9. The molecule has 1 aromatic rings. The fourth-order valence-corrected chi connectivity index (χ4v) is 2.99. The van der Waals surface area contributed by atoms with Crippen molar-refractivity contribution in [2.45, 2.75) is 39.8 Å². The number of nitrogens with two attached hydrogens (primary N) is 1. The minimum atomic E-state index is -0.925. The van der Waals surface area contributed by atoms with Crippen molar-refractivity contribution in [3.8, 4) is 0 Å². The summed E-state index contributed by atoms with van der Waals surface area (Å²) in [6, 6.07) is 0. The maximum Gasteiger partial charge on any atom is 0.110 e. The predicted molar refractivity (Wildman–Crippen MR) is 76.3 cm³/mol. The second-order valence-corrected chi connectivity index (χ2v) is 5.84. The summed E-state index contributed by atoms with van der Waals surface area (Å²) < 4.78 is 17.0. The monoisotopic (exact) mass is 319 g/mol. The highest BCUT2D eigenvalue weighted by Gasteiger charge is 2.26. The van der Waals surface area contributed by atoms with Gasteiger partial charge in [0.05, 0.1) is 15.9 Å². The number of hydrogen-bond donors (Lipinski definition) is 1. The summed E-state index contributed by atoms with van der Waals surface area (Å²) in [5.74, 6) is 0.152. The van der Waals surface area contributed by atoms with Crippen LogP contribution in [-0.2, 0) is 19.9 Å². The van der Waals surface area contributed by atoms with Gasteiger partial charge in [0.15, 0.2) is 0 Å². The Morgan fingerprint density at radius 1 is 1.44 bits per heavy atom. The molecule has 1 aromatic heterocycles. The largest absolute Gasteiger partial charge is 0.330 e. The topological polar surface area (TPSA) is 43.8 Å². The van der Waals surface area contributed by atoms with Crippen LogP contribution in [0.25, 0.3) is 0 Å². The van der Waals surface area contributed by atoms with Gasteiger partial charge in [-0.2, -0.15) is 5.10 Å². The number of halogens is 2. The summed E-state index contributed by atoms with van der Waals surface area (Å²) in [6.45, 7) is 6.45. The van der Waals surface area contributed by atoms with Gasteiger partial charge in [-0.25, -0.2) is 4.39 Å².